The van der Waals surface area contributed by atoms with Crippen LogP contribution in [0.2, 0.25) is 0 Å². The van der Waals surface area contributed by atoms with Crippen LogP contribution in [-0.4, -0.2) is 81.0 Å². The largest absolute Gasteiger partial charge is 0.451 e. The third kappa shape index (κ3) is 2.97. The number of nitrogens with one attached hydrogen (secondary N) is 2. The summed E-state index contributed by atoms with van der Waals surface area (Å²) in [6.45, 7) is -1.08. The van der Waals surface area contributed by atoms with Crippen molar-refractivity contribution in [1.82, 2.24) is 15.5 Å². The molecule has 0 radical (unpaired) electrons. The van der Waals surface area contributed by atoms with Crippen molar-refractivity contribution in [2.75, 3.05) is 13.2 Å². The lowest BCUT2D eigenvalue weighted by atomic mass is 9.85. The van der Waals surface area contributed by atoms with E-state index in [1.54, 1.807) is 0 Å². The summed E-state index contributed by atoms with van der Waals surface area (Å²) in [5.41, 5.74) is 2.41. The number of alkyl halides is 3. The minimum Gasteiger partial charge on any atom is -0.451 e. The van der Waals surface area contributed by atoms with E-state index in [4.69, 9.17) is 10.5 Å². The Morgan fingerprint density at radius 3 is 2.55 bits per heavy atom. The van der Waals surface area contributed by atoms with Gasteiger partial charge in [-0.25, -0.2) is 14.6 Å². The highest BCUT2D eigenvalue weighted by atomic mass is 19.4. The van der Waals surface area contributed by atoms with Gasteiger partial charge in [0.15, 0.2) is 12.1 Å². The van der Waals surface area contributed by atoms with Crippen molar-refractivity contribution in [3.05, 3.63) is 35.4 Å². The number of halogens is 3. The molecule has 3 aliphatic rings. The highest BCUT2D eigenvalue weighted by Crippen LogP contribution is 2.45. The third-order valence-electron chi connectivity index (χ3n) is 5.64. The van der Waals surface area contributed by atoms with Crippen molar-refractivity contribution in [2.24, 2.45) is 10.7 Å². The van der Waals surface area contributed by atoms with Crippen molar-refractivity contribution >= 4 is 18.0 Å². The van der Waals surface area contributed by atoms with Gasteiger partial charge in [-0.1, -0.05) is 0 Å². The lowest BCUT2D eigenvalue weighted by Gasteiger charge is -2.49. The molecule has 0 aliphatic carbocycles. The van der Waals surface area contributed by atoms with Crippen LogP contribution >= 0.6 is 0 Å². The second-order valence-electron chi connectivity index (χ2n) is 7.39. The molecule has 4 atom stereocenters. The van der Waals surface area contributed by atoms with Crippen LogP contribution in [-0.2, 0) is 10.9 Å². The molecule has 2 amide bonds. The number of carbonyl (C=O) groups excluding carboxylic acids is 2. The predicted octanol–water partition coefficient (Wildman–Crippen LogP) is -1.71. The number of aliphatic imine (C=N–C) groups is 1. The molecule has 1 aromatic carbocycles. The van der Waals surface area contributed by atoms with Crippen molar-refractivity contribution in [3.8, 4) is 0 Å². The van der Waals surface area contributed by atoms with E-state index in [-0.39, 0.29) is 11.5 Å². The van der Waals surface area contributed by atoms with Crippen molar-refractivity contribution < 1.29 is 42.8 Å². The summed E-state index contributed by atoms with van der Waals surface area (Å²) in [6.07, 6.45) is -6.30. The van der Waals surface area contributed by atoms with Crippen LogP contribution < -0.4 is 16.4 Å². The van der Waals surface area contributed by atoms with Gasteiger partial charge in [-0.05, 0) is 24.3 Å². The normalized spacial score (nSPS) is 31.3. The zero-order valence-corrected chi connectivity index (χ0v) is 15.6. The lowest BCUT2D eigenvalue weighted by Crippen LogP contribution is -2.80. The van der Waals surface area contributed by atoms with E-state index in [0.717, 1.165) is 17.0 Å². The standard InChI is InChI=1S/C17H18F3N5O6/c18-17(19,20)8-3-1-7(2-4-8)12(27)31-10-5-25-14(28)22-9(6-26)11-15(25,16(10,29)30)24-13(21)23-11/h1-4,9-11,26,29-30H,5-6H2,(H,22,28)(H3,21,23,24)/t9-,10-,11?,15?/m0/s1. The number of esters is 1. The van der Waals surface area contributed by atoms with Crippen LogP contribution in [0.5, 0.6) is 0 Å². The molecule has 4 rings (SSSR count). The average molecular weight is 445 g/mol. The molecule has 3 heterocycles. The summed E-state index contributed by atoms with van der Waals surface area (Å²) >= 11 is 0. The van der Waals surface area contributed by atoms with Crippen LogP contribution in [0.1, 0.15) is 15.9 Å². The molecule has 1 aromatic rings. The number of rotatable bonds is 3. The number of amides is 2. The van der Waals surface area contributed by atoms with Gasteiger partial charge < -0.3 is 36.4 Å². The first-order chi connectivity index (χ1) is 14.4. The second kappa shape index (κ2) is 6.70. The minimum atomic E-state index is -4.60. The molecule has 168 valence electrons. The molecule has 0 bridgehead atoms. The molecular weight excluding hydrogens is 427 g/mol. The number of guanidine groups is 1. The molecule has 3 aliphatic heterocycles. The number of aliphatic hydroxyl groups excluding tert-OH is 1. The highest BCUT2D eigenvalue weighted by molar-refractivity contribution is 5.90. The molecule has 2 unspecified atom stereocenters. The van der Waals surface area contributed by atoms with Crippen molar-refractivity contribution in [2.45, 2.75) is 35.8 Å². The number of carbonyl (C=O) groups is 2. The fraction of sp³-hybridized carbons (Fsp3) is 0.471. The van der Waals surface area contributed by atoms with Crippen LogP contribution in [0.25, 0.3) is 0 Å². The van der Waals surface area contributed by atoms with Gasteiger partial charge in [-0.15, -0.1) is 0 Å². The fourth-order valence-corrected chi connectivity index (χ4v) is 4.16. The highest BCUT2D eigenvalue weighted by Gasteiger charge is 2.75. The Morgan fingerprint density at radius 1 is 1.32 bits per heavy atom. The van der Waals surface area contributed by atoms with E-state index in [0.29, 0.717) is 12.1 Å². The third-order valence-corrected chi connectivity index (χ3v) is 5.64. The first kappa shape index (κ1) is 21.1. The summed E-state index contributed by atoms with van der Waals surface area (Å²) in [5, 5.41) is 36.5. The smallest absolute Gasteiger partial charge is 0.416 e. The zero-order valence-electron chi connectivity index (χ0n) is 15.6. The Kier molecular flexibility index (Phi) is 4.57. The molecule has 11 nitrogen and oxygen atoms in total. The molecule has 0 saturated carbocycles. The van der Waals surface area contributed by atoms with E-state index in [2.05, 4.69) is 15.6 Å². The Labute approximate surface area is 172 Å². The number of urea groups is 1. The summed E-state index contributed by atoms with van der Waals surface area (Å²) in [6, 6.07) is 0.179. The first-order valence-corrected chi connectivity index (χ1v) is 9.05. The van der Waals surface area contributed by atoms with E-state index < -0.39 is 66.5 Å². The van der Waals surface area contributed by atoms with E-state index in [1.165, 1.54) is 0 Å². The van der Waals surface area contributed by atoms with Crippen LogP contribution in [0, 0.1) is 0 Å². The summed E-state index contributed by atoms with van der Waals surface area (Å²) in [7, 11) is 0. The van der Waals surface area contributed by atoms with Gasteiger partial charge in [-0.2, -0.15) is 13.2 Å². The molecular formula is C17H18F3N5O6. The average Bonchev–Trinajstić information content (AvgIpc) is 3.16. The maximum atomic E-state index is 12.7. The van der Waals surface area contributed by atoms with Gasteiger partial charge in [0.05, 0.1) is 30.3 Å². The zero-order chi connectivity index (χ0) is 22.8. The van der Waals surface area contributed by atoms with E-state index in [1.807, 2.05) is 0 Å². The maximum absolute atomic E-state index is 12.7. The Hall–Kier alpha value is -3.10. The fourth-order valence-electron chi connectivity index (χ4n) is 4.16. The molecule has 0 aromatic heterocycles. The molecule has 14 heteroatoms. The summed E-state index contributed by atoms with van der Waals surface area (Å²) in [5.74, 6) is -4.27. The Morgan fingerprint density at radius 2 is 1.97 bits per heavy atom. The number of hydrogen-bond donors (Lipinski definition) is 6. The van der Waals surface area contributed by atoms with E-state index >= 15 is 0 Å². The number of aliphatic hydroxyl groups is 3. The molecule has 1 spiro atoms. The molecule has 7 N–H and O–H groups in total. The van der Waals surface area contributed by atoms with Gasteiger partial charge in [-0.3, -0.25) is 4.90 Å². The lowest BCUT2D eigenvalue weighted by molar-refractivity contribution is -0.259. The number of nitrogens with two attached hydrogens (primary N) is 1. The van der Waals surface area contributed by atoms with Gasteiger partial charge in [0, 0.05) is 0 Å². The number of nitrogens with zero attached hydrogens (tertiary/aromatic N) is 2. The summed E-state index contributed by atoms with van der Waals surface area (Å²) in [4.78, 5) is 29.9. The van der Waals surface area contributed by atoms with Crippen LogP contribution in [0.4, 0.5) is 18.0 Å². The topological polar surface area (TPSA) is 170 Å². The predicted molar refractivity (Wildman–Crippen MR) is 95.2 cm³/mol. The van der Waals surface area contributed by atoms with E-state index in [9.17, 15) is 38.1 Å². The monoisotopic (exact) mass is 445 g/mol. The van der Waals surface area contributed by atoms with Gasteiger partial charge in [0.25, 0.3) is 0 Å². The Balaban J connectivity index is 1.61. The van der Waals surface area contributed by atoms with Crippen molar-refractivity contribution in [1.29, 1.82) is 0 Å². The summed E-state index contributed by atoms with van der Waals surface area (Å²) < 4.78 is 43.3. The Bertz CT molecular complexity index is 953. The number of hydrogen-bond acceptors (Lipinski definition) is 9. The second-order valence-corrected chi connectivity index (χ2v) is 7.39. The molecule has 2 saturated heterocycles. The number of benzene rings is 1. The van der Waals surface area contributed by atoms with Crippen molar-refractivity contribution in [3.63, 3.8) is 0 Å². The maximum Gasteiger partial charge on any atom is 0.416 e. The quantitative estimate of drug-likeness (QED) is 0.236. The van der Waals surface area contributed by atoms with Crippen LogP contribution in [0.3, 0.4) is 0 Å². The SMILES string of the molecule is NC1=NC2[C@H](CO)NC(=O)N3C[C@H](OC(=O)c4ccc(C(F)(F)F)cc4)C(O)(O)C23N1. The van der Waals surface area contributed by atoms with Crippen LogP contribution in [0.15, 0.2) is 29.3 Å². The molecule has 31 heavy (non-hydrogen) atoms. The minimum absolute atomic E-state index is 0.229. The van der Waals surface area contributed by atoms with Gasteiger partial charge >= 0.3 is 18.2 Å². The first-order valence-electron chi connectivity index (χ1n) is 9.05. The number of ether oxygens (including phenoxy) is 1. The van der Waals surface area contributed by atoms with Gasteiger partial charge in [0.2, 0.25) is 11.4 Å². The molecule has 2 fully saturated rings. The van der Waals surface area contributed by atoms with Gasteiger partial charge in [0.1, 0.15) is 6.04 Å².